The summed E-state index contributed by atoms with van der Waals surface area (Å²) in [7, 11) is 0. The number of para-hydroxylation sites is 1. The molecule has 0 amide bonds. The third kappa shape index (κ3) is 1.67. The number of halogens is 1. The van der Waals surface area contributed by atoms with Gasteiger partial charge in [0.25, 0.3) is 0 Å². The monoisotopic (exact) mass is 289 g/mol. The van der Waals surface area contributed by atoms with E-state index in [9.17, 15) is 4.79 Å². The highest BCUT2D eigenvalue weighted by Gasteiger charge is 2.04. The lowest BCUT2D eigenvalue weighted by Crippen LogP contribution is -2.05. The largest absolute Gasteiger partial charge is 0.464 e. The lowest BCUT2D eigenvalue weighted by molar-refractivity contribution is 0.197. The lowest BCUT2D eigenvalue weighted by atomic mass is 10.2. The van der Waals surface area contributed by atoms with Crippen molar-refractivity contribution in [2.45, 2.75) is 0 Å². The van der Waals surface area contributed by atoms with Crippen LogP contribution in [0.5, 0.6) is 0 Å². The number of rotatable bonds is 0. The van der Waals surface area contributed by atoms with Gasteiger partial charge >= 0.3 is 6.09 Å². The minimum absolute atomic E-state index is 0. The van der Waals surface area contributed by atoms with Crippen LogP contribution in [0.1, 0.15) is 0 Å². The number of hydrogen-bond acceptors (Lipinski definition) is 1. The van der Waals surface area contributed by atoms with Crippen molar-refractivity contribution in [2.75, 3.05) is 0 Å². The van der Waals surface area contributed by atoms with Gasteiger partial charge in [0.1, 0.15) is 0 Å². The topological polar surface area (TPSA) is 42.2 Å². The maximum absolute atomic E-state index is 10.6. The first-order chi connectivity index (χ1) is 5.79. The molecule has 1 aromatic heterocycles. The Morgan fingerprint density at radius 3 is 2.62 bits per heavy atom. The third-order valence-electron chi connectivity index (χ3n) is 1.81. The number of fused-ring (bicyclic) bond motifs is 1. The number of nitrogens with zero attached hydrogens (tertiary/aromatic N) is 1. The summed E-state index contributed by atoms with van der Waals surface area (Å²) in [5.74, 6) is 0. The summed E-state index contributed by atoms with van der Waals surface area (Å²) in [5, 5.41) is 9.68. The molecule has 4 heteroatoms. The minimum atomic E-state index is -0.948. The van der Waals surface area contributed by atoms with Crippen LogP contribution in [-0.2, 0) is 0 Å². The summed E-state index contributed by atoms with van der Waals surface area (Å²) in [6.07, 6.45) is 0.601. The summed E-state index contributed by atoms with van der Waals surface area (Å²) in [6, 6.07) is 9.15. The van der Waals surface area contributed by atoms with Crippen LogP contribution in [0.4, 0.5) is 4.79 Å². The quantitative estimate of drug-likeness (QED) is 0.758. The summed E-state index contributed by atoms with van der Waals surface area (Å²) in [6.45, 7) is 0. The second kappa shape index (κ2) is 3.78. The molecule has 0 bridgehead atoms. The second-order valence-electron chi connectivity index (χ2n) is 2.53. The van der Waals surface area contributed by atoms with Gasteiger partial charge < -0.3 is 5.11 Å². The van der Waals surface area contributed by atoms with Gasteiger partial charge in [-0.1, -0.05) is 18.2 Å². The Morgan fingerprint density at radius 1 is 1.23 bits per heavy atom. The fourth-order valence-corrected chi connectivity index (χ4v) is 1.25. The van der Waals surface area contributed by atoms with E-state index in [2.05, 4.69) is 0 Å². The van der Waals surface area contributed by atoms with Gasteiger partial charge in [-0.05, 0) is 12.1 Å². The Kier molecular flexibility index (Phi) is 2.92. The summed E-state index contributed by atoms with van der Waals surface area (Å²) in [5.41, 5.74) is 0.727. The maximum Gasteiger partial charge on any atom is 0.415 e. The highest BCUT2D eigenvalue weighted by Crippen LogP contribution is 2.14. The minimum Gasteiger partial charge on any atom is -0.464 e. The van der Waals surface area contributed by atoms with Gasteiger partial charge in [-0.15, -0.1) is 24.0 Å². The van der Waals surface area contributed by atoms with Crippen LogP contribution in [0.3, 0.4) is 0 Å². The van der Waals surface area contributed by atoms with Crippen LogP contribution >= 0.6 is 24.0 Å². The molecular weight excluding hydrogens is 281 g/mol. The smallest absolute Gasteiger partial charge is 0.415 e. The van der Waals surface area contributed by atoms with E-state index in [0.717, 1.165) is 10.9 Å². The van der Waals surface area contributed by atoms with Crippen LogP contribution in [0, 0.1) is 0 Å². The van der Waals surface area contributed by atoms with Crippen molar-refractivity contribution in [2.24, 2.45) is 0 Å². The normalized spacial score (nSPS) is 9.54. The van der Waals surface area contributed by atoms with E-state index in [1.807, 2.05) is 18.2 Å². The average Bonchev–Trinajstić information content (AvgIpc) is 2.47. The molecule has 68 valence electrons. The molecule has 0 aliphatic heterocycles. The Morgan fingerprint density at radius 2 is 1.92 bits per heavy atom. The van der Waals surface area contributed by atoms with Crippen molar-refractivity contribution in [3.05, 3.63) is 36.5 Å². The van der Waals surface area contributed by atoms with Gasteiger partial charge in [0.15, 0.2) is 0 Å². The summed E-state index contributed by atoms with van der Waals surface area (Å²) < 4.78 is 1.20. The molecular formula is C9H8INO2. The highest BCUT2D eigenvalue weighted by atomic mass is 127. The van der Waals surface area contributed by atoms with Gasteiger partial charge in [-0.3, -0.25) is 4.57 Å². The average molecular weight is 289 g/mol. The summed E-state index contributed by atoms with van der Waals surface area (Å²) >= 11 is 0. The van der Waals surface area contributed by atoms with Crippen molar-refractivity contribution >= 4 is 41.0 Å². The van der Waals surface area contributed by atoms with Gasteiger partial charge in [-0.25, -0.2) is 4.79 Å². The van der Waals surface area contributed by atoms with E-state index in [4.69, 9.17) is 5.11 Å². The van der Waals surface area contributed by atoms with Crippen molar-refractivity contribution in [3.8, 4) is 0 Å². The van der Waals surface area contributed by atoms with Gasteiger partial charge in [-0.2, -0.15) is 0 Å². The van der Waals surface area contributed by atoms with Gasteiger partial charge in [0.05, 0.1) is 5.52 Å². The SMILES string of the molecule is I.O=C(O)n1ccc2ccccc21. The van der Waals surface area contributed by atoms with Crippen LogP contribution in [0.25, 0.3) is 10.9 Å². The van der Waals surface area contributed by atoms with Crippen LogP contribution in [-0.4, -0.2) is 15.8 Å². The zero-order valence-electron chi connectivity index (χ0n) is 6.68. The Hall–Kier alpha value is -1.04. The molecule has 0 saturated carbocycles. The molecule has 0 radical (unpaired) electrons. The predicted molar refractivity (Wildman–Crippen MR) is 60.8 cm³/mol. The molecule has 1 N–H and O–H groups in total. The number of benzene rings is 1. The first-order valence-corrected chi connectivity index (χ1v) is 3.58. The second-order valence-corrected chi connectivity index (χ2v) is 2.53. The van der Waals surface area contributed by atoms with Crippen molar-refractivity contribution in [3.63, 3.8) is 0 Å². The first kappa shape index (κ1) is 10.0. The number of hydrogen-bond donors (Lipinski definition) is 1. The predicted octanol–water partition coefficient (Wildman–Crippen LogP) is 2.79. The van der Waals surface area contributed by atoms with Gasteiger partial charge in [0, 0.05) is 11.6 Å². The van der Waals surface area contributed by atoms with Crippen molar-refractivity contribution < 1.29 is 9.90 Å². The van der Waals surface area contributed by atoms with Crippen LogP contribution in [0.2, 0.25) is 0 Å². The molecule has 13 heavy (non-hydrogen) atoms. The lowest BCUT2D eigenvalue weighted by Gasteiger charge is -1.95. The number of carbonyl (C=O) groups is 1. The van der Waals surface area contributed by atoms with Crippen LogP contribution in [0.15, 0.2) is 36.5 Å². The zero-order chi connectivity index (χ0) is 8.55. The maximum atomic E-state index is 10.6. The molecule has 0 atom stereocenters. The zero-order valence-corrected chi connectivity index (χ0v) is 9.01. The van der Waals surface area contributed by atoms with E-state index < -0.39 is 6.09 Å². The van der Waals surface area contributed by atoms with Crippen molar-refractivity contribution in [1.29, 1.82) is 0 Å². The number of aromatic nitrogens is 1. The van der Waals surface area contributed by atoms with E-state index in [0.29, 0.717) is 0 Å². The molecule has 0 fully saturated rings. The van der Waals surface area contributed by atoms with E-state index in [1.54, 1.807) is 18.3 Å². The molecule has 0 aliphatic carbocycles. The van der Waals surface area contributed by atoms with E-state index in [-0.39, 0.29) is 24.0 Å². The molecule has 2 rings (SSSR count). The Bertz CT molecular complexity index is 436. The van der Waals surface area contributed by atoms with E-state index in [1.165, 1.54) is 4.57 Å². The van der Waals surface area contributed by atoms with E-state index >= 15 is 0 Å². The molecule has 1 heterocycles. The Balaban J connectivity index is 0.000000845. The highest BCUT2D eigenvalue weighted by molar-refractivity contribution is 14.0. The molecule has 0 aliphatic rings. The molecule has 0 unspecified atom stereocenters. The van der Waals surface area contributed by atoms with Crippen LogP contribution < -0.4 is 0 Å². The standard InChI is InChI=1S/C9H7NO2.HI/c11-9(12)10-6-5-7-3-1-2-4-8(7)10;/h1-6H,(H,11,12);1H. The fraction of sp³-hybridized carbons (Fsp3) is 0. The Labute approximate surface area is 92.0 Å². The molecule has 3 nitrogen and oxygen atoms in total. The third-order valence-corrected chi connectivity index (χ3v) is 1.81. The first-order valence-electron chi connectivity index (χ1n) is 3.58. The molecule has 2 aromatic rings. The summed E-state index contributed by atoms with van der Waals surface area (Å²) in [4.78, 5) is 10.6. The molecule has 1 aromatic carbocycles. The number of carboxylic acid groups (broad SMARTS) is 1. The van der Waals surface area contributed by atoms with Gasteiger partial charge in [0.2, 0.25) is 0 Å². The molecule has 0 saturated heterocycles. The molecule has 0 spiro atoms. The fourth-order valence-electron chi connectivity index (χ4n) is 1.25. The van der Waals surface area contributed by atoms with Crippen molar-refractivity contribution in [1.82, 2.24) is 4.57 Å².